The lowest BCUT2D eigenvalue weighted by molar-refractivity contribution is -0.115. The number of hydrogen-bond donors (Lipinski definition) is 1. The SMILES string of the molecule is COc1cc(Br)ccc1NCC(C)=O. The molecule has 0 aromatic heterocycles. The summed E-state index contributed by atoms with van der Waals surface area (Å²) in [5, 5.41) is 3.00. The minimum Gasteiger partial charge on any atom is -0.495 e. The summed E-state index contributed by atoms with van der Waals surface area (Å²) < 4.78 is 6.10. The second kappa shape index (κ2) is 5.00. The number of Topliss-reactive ketones (excluding diaryl/α,β-unsaturated/α-hetero) is 1. The average Bonchev–Trinajstić information content (AvgIpc) is 2.15. The van der Waals surface area contributed by atoms with Crippen LogP contribution in [0.25, 0.3) is 0 Å². The van der Waals surface area contributed by atoms with Crippen molar-refractivity contribution in [3.8, 4) is 5.75 Å². The molecule has 76 valence electrons. The van der Waals surface area contributed by atoms with Crippen LogP contribution >= 0.6 is 15.9 Å². The van der Waals surface area contributed by atoms with Gasteiger partial charge in [0.15, 0.2) is 0 Å². The first-order valence-corrected chi connectivity index (χ1v) is 4.99. The Labute approximate surface area is 91.6 Å². The number of ether oxygens (including phenoxy) is 1. The summed E-state index contributed by atoms with van der Waals surface area (Å²) in [4.78, 5) is 10.8. The number of methoxy groups -OCH3 is 1. The van der Waals surface area contributed by atoms with Gasteiger partial charge in [-0.15, -0.1) is 0 Å². The molecule has 0 amide bonds. The minimum atomic E-state index is 0.0926. The highest BCUT2D eigenvalue weighted by Gasteiger charge is 2.03. The van der Waals surface area contributed by atoms with E-state index in [-0.39, 0.29) is 5.78 Å². The standard InChI is InChI=1S/C10H12BrNO2/c1-7(13)6-12-9-4-3-8(11)5-10(9)14-2/h3-5,12H,6H2,1-2H3. The van der Waals surface area contributed by atoms with E-state index >= 15 is 0 Å². The fourth-order valence-electron chi connectivity index (χ4n) is 1.03. The predicted octanol–water partition coefficient (Wildman–Crippen LogP) is 2.46. The van der Waals surface area contributed by atoms with Crippen molar-refractivity contribution in [1.29, 1.82) is 0 Å². The maximum absolute atomic E-state index is 10.8. The van der Waals surface area contributed by atoms with Crippen LogP contribution in [0.15, 0.2) is 22.7 Å². The number of carbonyl (C=O) groups excluding carboxylic acids is 1. The van der Waals surface area contributed by atoms with E-state index < -0.39 is 0 Å². The Bertz CT molecular complexity index is 339. The molecule has 1 aromatic rings. The van der Waals surface area contributed by atoms with E-state index in [4.69, 9.17) is 4.74 Å². The molecule has 0 aliphatic rings. The molecular weight excluding hydrogens is 246 g/mol. The van der Waals surface area contributed by atoms with Gasteiger partial charge in [-0.25, -0.2) is 0 Å². The molecule has 0 heterocycles. The summed E-state index contributed by atoms with van der Waals surface area (Å²) in [5.74, 6) is 0.815. The average molecular weight is 258 g/mol. The highest BCUT2D eigenvalue weighted by Crippen LogP contribution is 2.27. The maximum atomic E-state index is 10.8. The summed E-state index contributed by atoms with van der Waals surface area (Å²) in [6, 6.07) is 5.61. The van der Waals surface area contributed by atoms with Gasteiger partial charge in [0.2, 0.25) is 0 Å². The Balaban J connectivity index is 2.80. The smallest absolute Gasteiger partial charge is 0.148 e. The van der Waals surface area contributed by atoms with E-state index in [0.717, 1.165) is 15.9 Å². The van der Waals surface area contributed by atoms with Crippen molar-refractivity contribution in [3.05, 3.63) is 22.7 Å². The van der Waals surface area contributed by atoms with Gasteiger partial charge >= 0.3 is 0 Å². The minimum absolute atomic E-state index is 0.0926. The number of ketones is 1. The van der Waals surface area contributed by atoms with Crippen molar-refractivity contribution >= 4 is 27.4 Å². The Morgan fingerprint density at radius 3 is 2.86 bits per heavy atom. The van der Waals surface area contributed by atoms with Gasteiger partial charge in [-0.1, -0.05) is 15.9 Å². The zero-order valence-electron chi connectivity index (χ0n) is 8.13. The number of anilines is 1. The molecular formula is C10H12BrNO2. The Morgan fingerprint density at radius 2 is 2.29 bits per heavy atom. The summed E-state index contributed by atoms with van der Waals surface area (Å²) in [6.45, 7) is 1.86. The van der Waals surface area contributed by atoms with Crippen LogP contribution in [0.1, 0.15) is 6.92 Å². The molecule has 1 aromatic carbocycles. The van der Waals surface area contributed by atoms with Crippen molar-refractivity contribution in [2.45, 2.75) is 6.92 Å². The van der Waals surface area contributed by atoms with Gasteiger partial charge in [-0.05, 0) is 25.1 Å². The van der Waals surface area contributed by atoms with E-state index in [1.165, 1.54) is 0 Å². The van der Waals surface area contributed by atoms with Gasteiger partial charge in [-0.2, -0.15) is 0 Å². The largest absolute Gasteiger partial charge is 0.495 e. The van der Waals surface area contributed by atoms with Crippen LogP contribution in [-0.2, 0) is 4.79 Å². The third-order valence-electron chi connectivity index (χ3n) is 1.69. The molecule has 0 saturated carbocycles. The number of halogens is 1. The lowest BCUT2D eigenvalue weighted by Gasteiger charge is -2.09. The fourth-order valence-corrected chi connectivity index (χ4v) is 1.37. The van der Waals surface area contributed by atoms with Crippen LogP contribution < -0.4 is 10.1 Å². The van der Waals surface area contributed by atoms with E-state index in [9.17, 15) is 4.79 Å². The van der Waals surface area contributed by atoms with Crippen LogP contribution in [0.3, 0.4) is 0 Å². The van der Waals surface area contributed by atoms with Crippen molar-refractivity contribution in [3.63, 3.8) is 0 Å². The Morgan fingerprint density at radius 1 is 1.57 bits per heavy atom. The fraction of sp³-hybridized carbons (Fsp3) is 0.300. The van der Waals surface area contributed by atoms with Gasteiger partial charge < -0.3 is 10.1 Å². The molecule has 0 fully saturated rings. The van der Waals surface area contributed by atoms with Crippen molar-refractivity contribution in [2.75, 3.05) is 19.0 Å². The monoisotopic (exact) mass is 257 g/mol. The summed E-state index contributed by atoms with van der Waals surface area (Å²) >= 11 is 3.34. The lowest BCUT2D eigenvalue weighted by atomic mass is 10.3. The molecule has 4 heteroatoms. The van der Waals surface area contributed by atoms with Gasteiger partial charge in [-0.3, -0.25) is 4.79 Å². The van der Waals surface area contributed by atoms with Crippen LogP contribution in [0.2, 0.25) is 0 Å². The zero-order valence-corrected chi connectivity index (χ0v) is 9.72. The van der Waals surface area contributed by atoms with E-state index in [1.807, 2.05) is 18.2 Å². The number of rotatable bonds is 4. The molecule has 3 nitrogen and oxygen atoms in total. The zero-order chi connectivity index (χ0) is 10.6. The van der Waals surface area contributed by atoms with Crippen LogP contribution in [0, 0.1) is 0 Å². The molecule has 0 spiro atoms. The molecule has 0 bridgehead atoms. The molecule has 0 atom stereocenters. The molecule has 0 radical (unpaired) electrons. The second-order valence-corrected chi connectivity index (χ2v) is 3.82. The quantitative estimate of drug-likeness (QED) is 0.901. The van der Waals surface area contributed by atoms with E-state index in [0.29, 0.717) is 6.54 Å². The molecule has 0 saturated heterocycles. The number of carbonyl (C=O) groups is 1. The molecule has 14 heavy (non-hydrogen) atoms. The summed E-state index contributed by atoms with van der Waals surface area (Å²) in [5.41, 5.74) is 0.825. The summed E-state index contributed by atoms with van der Waals surface area (Å²) in [7, 11) is 1.60. The number of nitrogens with one attached hydrogen (secondary N) is 1. The topological polar surface area (TPSA) is 38.3 Å². The maximum Gasteiger partial charge on any atom is 0.148 e. The van der Waals surface area contributed by atoms with Crippen LogP contribution in [0.4, 0.5) is 5.69 Å². The van der Waals surface area contributed by atoms with Gasteiger partial charge in [0, 0.05) is 4.47 Å². The van der Waals surface area contributed by atoms with Crippen molar-refractivity contribution < 1.29 is 9.53 Å². The molecule has 1 rings (SSSR count). The van der Waals surface area contributed by atoms with Gasteiger partial charge in [0.25, 0.3) is 0 Å². The first kappa shape index (κ1) is 11.0. The molecule has 0 unspecified atom stereocenters. The highest BCUT2D eigenvalue weighted by atomic mass is 79.9. The molecule has 1 N–H and O–H groups in total. The Hall–Kier alpha value is -1.03. The van der Waals surface area contributed by atoms with Crippen molar-refractivity contribution in [1.82, 2.24) is 0 Å². The van der Waals surface area contributed by atoms with Gasteiger partial charge in [0.1, 0.15) is 11.5 Å². The van der Waals surface area contributed by atoms with E-state index in [2.05, 4.69) is 21.2 Å². The second-order valence-electron chi connectivity index (χ2n) is 2.90. The van der Waals surface area contributed by atoms with Gasteiger partial charge in [0.05, 0.1) is 19.3 Å². The van der Waals surface area contributed by atoms with Crippen molar-refractivity contribution in [2.24, 2.45) is 0 Å². The van der Waals surface area contributed by atoms with Crippen LogP contribution in [0.5, 0.6) is 5.75 Å². The third kappa shape index (κ3) is 3.03. The molecule has 0 aliphatic carbocycles. The Kier molecular flexibility index (Phi) is 3.95. The normalized spacial score (nSPS) is 9.64. The van der Waals surface area contributed by atoms with Crippen LogP contribution in [-0.4, -0.2) is 19.4 Å². The van der Waals surface area contributed by atoms with E-state index in [1.54, 1.807) is 14.0 Å². The third-order valence-corrected chi connectivity index (χ3v) is 2.18. The number of hydrogen-bond acceptors (Lipinski definition) is 3. The first-order chi connectivity index (χ1) is 6.63. The summed E-state index contributed by atoms with van der Waals surface area (Å²) in [6.07, 6.45) is 0. The number of benzene rings is 1. The molecule has 0 aliphatic heterocycles. The predicted molar refractivity (Wildman–Crippen MR) is 59.9 cm³/mol. The first-order valence-electron chi connectivity index (χ1n) is 4.20. The highest BCUT2D eigenvalue weighted by molar-refractivity contribution is 9.10. The lowest BCUT2D eigenvalue weighted by Crippen LogP contribution is -2.10.